The van der Waals surface area contributed by atoms with Crippen LogP contribution in [0.15, 0.2) is 36.7 Å². The van der Waals surface area contributed by atoms with Crippen molar-refractivity contribution in [2.24, 2.45) is 0 Å². The fourth-order valence-corrected chi connectivity index (χ4v) is 6.01. The Bertz CT molecular complexity index is 949. The number of ether oxygens (including phenoxy) is 1. The van der Waals surface area contributed by atoms with Crippen LogP contribution >= 0.6 is 11.3 Å². The maximum absolute atomic E-state index is 13.5. The van der Waals surface area contributed by atoms with Crippen molar-refractivity contribution < 1.29 is 14.3 Å². The summed E-state index contributed by atoms with van der Waals surface area (Å²) in [7, 11) is 0. The quantitative estimate of drug-likeness (QED) is 0.733. The first-order valence-corrected chi connectivity index (χ1v) is 11.8. The number of aryl methyl sites for hydroxylation is 1. The van der Waals surface area contributed by atoms with E-state index in [1.165, 1.54) is 0 Å². The molecule has 164 valence electrons. The highest BCUT2D eigenvalue weighted by molar-refractivity contribution is 7.13. The number of carbonyl (C=O) groups is 2. The van der Waals surface area contributed by atoms with Gasteiger partial charge in [0.05, 0.1) is 17.0 Å². The van der Waals surface area contributed by atoms with Crippen molar-refractivity contribution in [1.82, 2.24) is 19.7 Å². The zero-order valence-corrected chi connectivity index (χ0v) is 18.6. The maximum atomic E-state index is 13.5. The van der Waals surface area contributed by atoms with E-state index in [1.54, 1.807) is 17.5 Å². The van der Waals surface area contributed by atoms with Crippen molar-refractivity contribution in [1.29, 1.82) is 0 Å². The van der Waals surface area contributed by atoms with Gasteiger partial charge in [0.15, 0.2) is 0 Å². The van der Waals surface area contributed by atoms with Crippen molar-refractivity contribution in [3.8, 4) is 0 Å². The summed E-state index contributed by atoms with van der Waals surface area (Å²) in [6.07, 6.45) is 6.06. The van der Waals surface area contributed by atoms with E-state index in [9.17, 15) is 9.59 Å². The summed E-state index contributed by atoms with van der Waals surface area (Å²) < 4.78 is 5.77. The first-order valence-electron chi connectivity index (χ1n) is 11.0. The van der Waals surface area contributed by atoms with Crippen LogP contribution in [0.5, 0.6) is 0 Å². The zero-order chi connectivity index (χ0) is 21.4. The molecule has 2 aromatic rings. The van der Waals surface area contributed by atoms with E-state index >= 15 is 0 Å². The number of piperidine rings is 1. The first kappa shape index (κ1) is 20.5. The lowest BCUT2D eigenvalue weighted by molar-refractivity contribution is 0.0501. The highest BCUT2D eigenvalue weighted by atomic mass is 32.1. The number of hydrogen-bond acceptors (Lipinski definition) is 5. The lowest BCUT2D eigenvalue weighted by Gasteiger charge is -2.42. The SMILES string of the molecule is Cc1ccc(C(=O)N2CCC(N3C(=O)N(Cc4cccnc4)C[C@]34CCOC4)CC2)s1. The van der Waals surface area contributed by atoms with Crippen LogP contribution in [0, 0.1) is 6.92 Å². The van der Waals surface area contributed by atoms with Gasteiger partial charge in [-0.15, -0.1) is 11.3 Å². The van der Waals surface area contributed by atoms with E-state index in [0.717, 1.165) is 34.6 Å². The number of aromatic nitrogens is 1. The summed E-state index contributed by atoms with van der Waals surface area (Å²) >= 11 is 1.55. The summed E-state index contributed by atoms with van der Waals surface area (Å²) in [4.78, 5) is 38.5. The van der Waals surface area contributed by atoms with Gasteiger partial charge in [-0.3, -0.25) is 9.78 Å². The van der Waals surface area contributed by atoms with Crippen LogP contribution in [0.4, 0.5) is 4.79 Å². The largest absolute Gasteiger partial charge is 0.379 e. The number of hydrogen-bond donors (Lipinski definition) is 0. The van der Waals surface area contributed by atoms with E-state index in [0.29, 0.717) is 39.4 Å². The lowest BCUT2D eigenvalue weighted by Crippen LogP contribution is -2.56. The minimum atomic E-state index is -0.249. The predicted molar refractivity (Wildman–Crippen MR) is 118 cm³/mol. The lowest BCUT2D eigenvalue weighted by atomic mass is 9.92. The smallest absolute Gasteiger partial charge is 0.321 e. The first-order chi connectivity index (χ1) is 15.1. The highest BCUT2D eigenvalue weighted by Gasteiger charge is 2.54. The van der Waals surface area contributed by atoms with Gasteiger partial charge < -0.3 is 19.4 Å². The number of nitrogens with zero attached hydrogens (tertiary/aromatic N) is 4. The van der Waals surface area contributed by atoms with Crippen LogP contribution in [-0.2, 0) is 11.3 Å². The molecule has 3 fully saturated rings. The zero-order valence-electron chi connectivity index (χ0n) is 17.8. The van der Waals surface area contributed by atoms with E-state index in [4.69, 9.17) is 4.74 Å². The molecule has 0 radical (unpaired) electrons. The second-order valence-corrected chi connectivity index (χ2v) is 10.1. The number of urea groups is 1. The summed E-state index contributed by atoms with van der Waals surface area (Å²) in [5.41, 5.74) is 0.791. The van der Waals surface area contributed by atoms with Crippen molar-refractivity contribution in [2.45, 2.75) is 44.3 Å². The molecular formula is C23H28N4O3S. The Labute approximate surface area is 186 Å². The van der Waals surface area contributed by atoms with Gasteiger partial charge in [0.2, 0.25) is 0 Å². The third-order valence-electron chi connectivity index (χ3n) is 6.72. The molecule has 0 saturated carbocycles. The van der Waals surface area contributed by atoms with Crippen LogP contribution in [0.3, 0.4) is 0 Å². The normalized spacial score (nSPS) is 24.5. The topological polar surface area (TPSA) is 66.0 Å². The van der Waals surface area contributed by atoms with Gasteiger partial charge in [-0.2, -0.15) is 0 Å². The van der Waals surface area contributed by atoms with Crippen LogP contribution in [0.1, 0.15) is 39.4 Å². The van der Waals surface area contributed by atoms with Crippen LogP contribution in [0.2, 0.25) is 0 Å². The second-order valence-electron chi connectivity index (χ2n) is 8.83. The van der Waals surface area contributed by atoms with Gasteiger partial charge in [-0.1, -0.05) is 6.07 Å². The number of carbonyl (C=O) groups excluding carboxylic acids is 2. The fraction of sp³-hybridized carbons (Fsp3) is 0.522. The molecule has 2 aromatic heterocycles. The minimum Gasteiger partial charge on any atom is -0.379 e. The van der Waals surface area contributed by atoms with Crippen LogP contribution < -0.4 is 0 Å². The molecule has 3 amide bonds. The molecule has 1 atom stereocenters. The monoisotopic (exact) mass is 440 g/mol. The summed E-state index contributed by atoms with van der Waals surface area (Å²) in [6.45, 7) is 5.93. The summed E-state index contributed by atoms with van der Waals surface area (Å²) in [6, 6.07) is 8.06. The predicted octanol–water partition coefficient (Wildman–Crippen LogP) is 3.15. The Balaban J connectivity index is 1.29. The maximum Gasteiger partial charge on any atom is 0.321 e. The summed E-state index contributed by atoms with van der Waals surface area (Å²) in [5, 5.41) is 0. The second kappa shape index (κ2) is 8.24. The van der Waals surface area contributed by atoms with Crippen molar-refractivity contribution in [3.63, 3.8) is 0 Å². The van der Waals surface area contributed by atoms with E-state index < -0.39 is 0 Å². The molecule has 1 spiro atoms. The third-order valence-corrected chi connectivity index (χ3v) is 7.71. The number of likely N-dealkylation sites (tertiary alicyclic amines) is 1. The van der Waals surface area contributed by atoms with Crippen molar-refractivity contribution >= 4 is 23.3 Å². The molecule has 3 aliphatic heterocycles. The highest BCUT2D eigenvalue weighted by Crippen LogP contribution is 2.39. The van der Waals surface area contributed by atoms with Gasteiger partial charge in [0.25, 0.3) is 5.91 Å². The molecule has 0 unspecified atom stereocenters. The molecule has 0 N–H and O–H groups in total. The Hall–Kier alpha value is -2.45. The molecule has 3 aliphatic rings. The average molecular weight is 441 g/mol. The Morgan fingerprint density at radius 1 is 1.29 bits per heavy atom. The molecular weight excluding hydrogens is 412 g/mol. The van der Waals surface area contributed by atoms with Gasteiger partial charge in [0, 0.05) is 56.1 Å². The molecule has 31 heavy (non-hydrogen) atoms. The number of amides is 3. The minimum absolute atomic E-state index is 0.0908. The molecule has 0 aromatic carbocycles. The van der Waals surface area contributed by atoms with Crippen molar-refractivity contribution in [2.75, 3.05) is 32.8 Å². The Kier molecular flexibility index (Phi) is 5.44. The van der Waals surface area contributed by atoms with E-state index in [2.05, 4.69) is 9.88 Å². The number of thiophene rings is 1. The van der Waals surface area contributed by atoms with Gasteiger partial charge >= 0.3 is 6.03 Å². The fourth-order valence-electron chi connectivity index (χ4n) is 5.18. The van der Waals surface area contributed by atoms with Gasteiger partial charge in [-0.05, 0) is 49.9 Å². The van der Waals surface area contributed by atoms with E-state index in [-0.39, 0.29) is 23.5 Å². The molecule has 0 aliphatic carbocycles. The van der Waals surface area contributed by atoms with Gasteiger partial charge in [-0.25, -0.2) is 4.79 Å². The molecule has 5 heterocycles. The van der Waals surface area contributed by atoms with Crippen LogP contribution in [0.25, 0.3) is 0 Å². The Morgan fingerprint density at radius 2 is 2.13 bits per heavy atom. The molecule has 3 saturated heterocycles. The Morgan fingerprint density at radius 3 is 2.77 bits per heavy atom. The third kappa shape index (κ3) is 3.83. The number of pyridine rings is 1. The standard InChI is InChI=1S/C23H28N4O3S/c1-17-4-5-20(31-17)21(28)25-10-6-19(7-11-25)27-22(29)26(14-18-3-2-9-24-13-18)15-23(27)8-12-30-16-23/h2-5,9,13,19H,6-8,10-12,14-16H2,1H3/t23-/m0/s1. The average Bonchev–Trinajstić information content (AvgIpc) is 3.49. The van der Waals surface area contributed by atoms with Crippen molar-refractivity contribution in [3.05, 3.63) is 52.0 Å². The number of rotatable bonds is 4. The molecule has 7 nitrogen and oxygen atoms in total. The summed E-state index contributed by atoms with van der Waals surface area (Å²) in [5.74, 6) is 0.112. The molecule has 5 rings (SSSR count). The molecule has 8 heteroatoms. The van der Waals surface area contributed by atoms with E-state index in [1.807, 2.05) is 47.2 Å². The van der Waals surface area contributed by atoms with Crippen LogP contribution in [-0.4, -0.2) is 76.1 Å². The molecule has 0 bridgehead atoms. The van der Waals surface area contributed by atoms with Gasteiger partial charge in [0.1, 0.15) is 0 Å².